The molecule has 1 saturated carbocycles. The zero-order valence-corrected chi connectivity index (χ0v) is 13.4. The van der Waals surface area contributed by atoms with Gasteiger partial charge in [0.1, 0.15) is 0 Å². The normalized spacial score (nSPS) is 25.7. The first kappa shape index (κ1) is 14.8. The van der Waals surface area contributed by atoms with Crippen LogP contribution in [0.4, 0.5) is 5.95 Å². The van der Waals surface area contributed by atoms with Crippen LogP contribution in [0.15, 0.2) is 6.20 Å². The lowest BCUT2D eigenvalue weighted by Crippen LogP contribution is -2.47. The molecule has 1 aromatic rings. The van der Waals surface area contributed by atoms with Crippen LogP contribution in [0.25, 0.3) is 0 Å². The molecule has 2 fully saturated rings. The lowest BCUT2D eigenvalue weighted by atomic mass is 9.78. The zero-order valence-electron chi connectivity index (χ0n) is 13.4. The van der Waals surface area contributed by atoms with E-state index in [-0.39, 0.29) is 0 Å². The lowest BCUT2D eigenvalue weighted by Gasteiger charge is -2.44. The van der Waals surface area contributed by atoms with Crippen molar-refractivity contribution in [2.24, 2.45) is 5.92 Å². The molecular weight excluding hydrogens is 260 g/mol. The van der Waals surface area contributed by atoms with Gasteiger partial charge in [0.15, 0.2) is 0 Å². The van der Waals surface area contributed by atoms with E-state index in [1.807, 2.05) is 6.20 Å². The summed E-state index contributed by atoms with van der Waals surface area (Å²) in [6.45, 7) is 7.22. The number of piperidine rings is 1. The number of aryl methyl sites for hydroxylation is 1. The van der Waals surface area contributed by atoms with Gasteiger partial charge >= 0.3 is 0 Å². The van der Waals surface area contributed by atoms with Crippen LogP contribution in [0.2, 0.25) is 0 Å². The third-order valence-corrected chi connectivity index (χ3v) is 5.13. The van der Waals surface area contributed by atoms with Crippen molar-refractivity contribution in [2.45, 2.75) is 65.0 Å². The minimum absolute atomic E-state index is 0.687. The molecule has 2 heterocycles. The highest BCUT2D eigenvalue weighted by Gasteiger charge is 2.34. The average Bonchev–Trinajstić information content (AvgIpc) is 2.53. The molecule has 0 spiro atoms. The van der Waals surface area contributed by atoms with Gasteiger partial charge in [-0.1, -0.05) is 19.8 Å². The third kappa shape index (κ3) is 3.20. The Morgan fingerprint density at radius 1 is 1.24 bits per heavy atom. The van der Waals surface area contributed by atoms with Gasteiger partial charge in [-0.3, -0.25) is 0 Å². The van der Waals surface area contributed by atoms with Crippen LogP contribution in [0.5, 0.6) is 0 Å². The average molecular weight is 288 g/mol. The van der Waals surface area contributed by atoms with E-state index >= 15 is 0 Å². The Balaban J connectivity index is 1.77. The maximum absolute atomic E-state index is 4.82. The molecule has 2 unspecified atom stereocenters. The minimum Gasteiger partial charge on any atom is -0.338 e. The fourth-order valence-electron chi connectivity index (χ4n) is 3.92. The van der Waals surface area contributed by atoms with Crippen molar-refractivity contribution >= 4 is 5.95 Å². The van der Waals surface area contributed by atoms with Gasteiger partial charge in [0.2, 0.25) is 5.95 Å². The second-order valence-electron chi connectivity index (χ2n) is 6.51. The van der Waals surface area contributed by atoms with Crippen LogP contribution in [-0.4, -0.2) is 29.1 Å². The summed E-state index contributed by atoms with van der Waals surface area (Å²) in [5.41, 5.74) is 2.34. The van der Waals surface area contributed by atoms with Gasteiger partial charge in [0.25, 0.3) is 0 Å². The van der Waals surface area contributed by atoms with Crippen molar-refractivity contribution < 1.29 is 0 Å². The fraction of sp³-hybridized carbons (Fsp3) is 0.765. The molecule has 2 atom stereocenters. The monoisotopic (exact) mass is 288 g/mol. The van der Waals surface area contributed by atoms with Crippen LogP contribution < -0.4 is 10.2 Å². The topological polar surface area (TPSA) is 41.1 Å². The fourth-order valence-corrected chi connectivity index (χ4v) is 3.92. The summed E-state index contributed by atoms with van der Waals surface area (Å²) in [6.07, 6.45) is 10.2. The zero-order chi connectivity index (χ0) is 14.7. The van der Waals surface area contributed by atoms with Gasteiger partial charge in [0.05, 0.1) is 0 Å². The summed E-state index contributed by atoms with van der Waals surface area (Å²) in [5, 5.41) is 3.36. The van der Waals surface area contributed by atoms with Crippen molar-refractivity contribution in [3.05, 3.63) is 17.5 Å². The van der Waals surface area contributed by atoms with Gasteiger partial charge in [-0.15, -0.1) is 0 Å². The Labute approximate surface area is 128 Å². The molecule has 0 radical (unpaired) electrons. The predicted molar refractivity (Wildman–Crippen MR) is 86.5 cm³/mol. The largest absolute Gasteiger partial charge is 0.338 e. The second kappa shape index (κ2) is 6.73. The van der Waals surface area contributed by atoms with E-state index in [2.05, 4.69) is 29.0 Å². The Bertz CT molecular complexity index is 472. The van der Waals surface area contributed by atoms with Gasteiger partial charge in [-0.2, -0.15) is 0 Å². The van der Waals surface area contributed by atoms with Crippen molar-refractivity contribution in [1.29, 1.82) is 0 Å². The molecule has 3 rings (SSSR count). The van der Waals surface area contributed by atoms with E-state index in [0.29, 0.717) is 6.04 Å². The molecule has 1 aromatic heterocycles. The Morgan fingerprint density at radius 3 is 2.86 bits per heavy atom. The van der Waals surface area contributed by atoms with Crippen molar-refractivity contribution in [2.75, 3.05) is 18.0 Å². The molecule has 4 nitrogen and oxygen atoms in total. The molecule has 116 valence electrons. The molecule has 21 heavy (non-hydrogen) atoms. The molecule has 0 aromatic carbocycles. The van der Waals surface area contributed by atoms with Gasteiger partial charge in [-0.25, -0.2) is 9.97 Å². The molecule has 1 N–H and O–H groups in total. The van der Waals surface area contributed by atoms with Gasteiger partial charge in [-0.05, 0) is 45.1 Å². The molecular formula is C17H28N4. The Hall–Kier alpha value is -1.16. The number of hydrogen-bond donors (Lipinski definition) is 1. The van der Waals surface area contributed by atoms with E-state index in [0.717, 1.165) is 37.2 Å². The number of aromatic nitrogens is 2. The van der Waals surface area contributed by atoms with Crippen LogP contribution in [0, 0.1) is 12.8 Å². The summed E-state index contributed by atoms with van der Waals surface area (Å²) in [5.74, 6) is 1.84. The molecule has 4 heteroatoms. The molecule has 1 aliphatic heterocycles. The highest BCUT2D eigenvalue weighted by Crippen LogP contribution is 2.36. The summed E-state index contributed by atoms with van der Waals surface area (Å²) in [7, 11) is 0. The maximum atomic E-state index is 4.82. The number of anilines is 1. The van der Waals surface area contributed by atoms with Crippen molar-refractivity contribution in [1.82, 2.24) is 15.3 Å². The van der Waals surface area contributed by atoms with Crippen LogP contribution in [0.3, 0.4) is 0 Å². The molecule has 0 bridgehead atoms. The minimum atomic E-state index is 0.687. The maximum Gasteiger partial charge on any atom is 0.225 e. The summed E-state index contributed by atoms with van der Waals surface area (Å²) < 4.78 is 0. The highest BCUT2D eigenvalue weighted by atomic mass is 15.3. The van der Waals surface area contributed by atoms with Crippen molar-refractivity contribution in [3.8, 4) is 0 Å². The molecule has 2 aliphatic rings. The summed E-state index contributed by atoms with van der Waals surface area (Å²) >= 11 is 0. The van der Waals surface area contributed by atoms with Crippen molar-refractivity contribution in [3.63, 3.8) is 0 Å². The number of nitrogens with zero attached hydrogens (tertiary/aromatic N) is 3. The smallest absolute Gasteiger partial charge is 0.225 e. The number of nitrogens with one attached hydrogen (secondary N) is 1. The van der Waals surface area contributed by atoms with E-state index in [9.17, 15) is 0 Å². The first-order valence-electron chi connectivity index (χ1n) is 8.59. The third-order valence-electron chi connectivity index (χ3n) is 5.13. The summed E-state index contributed by atoms with van der Waals surface area (Å²) in [6, 6.07) is 0.687. The van der Waals surface area contributed by atoms with Gasteiger partial charge in [0, 0.05) is 36.6 Å². The van der Waals surface area contributed by atoms with E-state index in [1.165, 1.54) is 44.1 Å². The number of rotatable bonds is 4. The van der Waals surface area contributed by atoms with Crippen LogP contribution >= 0.6 is 0 Å². The van der Waals surface area contributed by atoms with E-state index < -0.39 is 0 Å². The van der Waals surface area contributed by atoms with Crippen LogP contribution in [0.1, 0.15) is 56.7 Å². The summed E-state index contributed by atoms with van der Waals surface area (Å²) in [4.78, 5) is 12.0. The quantitative estimate of drug-likeness (QED) is 0.924. The number of fused-ring (bicyclic) bond motifs is 1. The molecule has 1 saturated heterocycles. The number of hydrogen-bond acceptors (Lipinski definition) is 4. The standard InChI is InChI=1S/C17H28N4/c1-3-18-11-15-12-19-17(20-13(15)2)21-10-6-8-14-7-4-5-9-16(14)21/h12,14,16,18H,3-11H2,1-2H3. The molecule has 1 aliphatic carbocycles. The van der Waals surface area contributed by atoms with Gasteiger partial charge < -0.3 is 10.2 Å². The lowest BCUT2D eigenvalue weighted by molar-refractivity contribution is 0.241. The predicted octanol–water partition coefficient (Wildman–Crippen LogP) is 3.05. The first-order chi connectivity index (χ1) is 10.3. The second-order valence-corrected chi connectivity index (χ2v) is 6.51. The highest BCUT2D eigenvalue weighted by molar-refractivity contribution is 5.35. The first-order valence-corrected chi connectivity index (χ1v) is 8.59. The molecule has 0 amide bonds. The Morgan fingerprint density at radius 2 is 2.05 bits per heavy atom. The van der Waals surface area contributed by atoms with E-state index in [1.54, 1.807) is 0 Å². The van der Waals surface area contributed by atoms with E-state index in [4.69, 9.17) is 4.98 Å². The SMILES string of the molecule is CCNCc1cnc(N2CCCC3CCCCC32)nc1C. The van der Waals surface area contributed by atoms with Crippen LogP contribution in [-0.2, 0) is 6.54 Å². The Kier molecular flexibility index (Phi) is 4.73.